The third-order valence-electron chi connectivity index (χ3n) is 3.14. The minimum Gasteiger partial charge on any atom is -0.462 e. The monoisotopic (exact) mass is 239 g/mol. The lowest BCUT2D eigenvalue weighted by Crippen LogP contribution is -2.18. The van der Waals surface area contributed by atoms with Crippen LogP contribution in [0.15, 0.2) is 0 Å². The fraction of sp³-hybridized carbons (Fsp3) is 0.583. The van der Waals surface area contributed by atoms with Gasteiger partial charge in [-0.1, -0.05) is 13.8 Å². The van der Waals surface area contributed by atoms with Gasteiger partial charge in [0, 0.05) is 4.88 Å². The highest BCUT2D eigenvalue weighted by molar-refractivity contribution is 7.16. The van der Waals surface area contributed by atoms with E-state index in [2.05, 4.69) is 13.8 Å². The molecule has 3 nitrogen and oxygen atoms in total. The van der Waals surface area contributed by atoms with Gasteiger partial charge in [0.2, 0.25) is 0 Å². The van der Waals surface area contributed by atoms with Gasteiger partial charge in [0.15, 0.2) is 0 Å². The third kappa shape index (κ3) is 1.61. The molecule has 0 atom stereocenters. The van der Waals surface area contributed by atoms with Gasteiger partial charge in [-0.25, -0.2) is 4.79 Å². The number of aryl methyl sites for hydroxylation is 1. The molecule has 0 unspecified atom stereocenters. The Labute approximate surface area is 99.6 Å². The first-order valence-corrected chi connectivity index (χ1v) is 6.37. The molecule has 0 amide bonds. The van der Waals surface area contributed by atoms with Gasteiger partial charge in [0.05, 0.1) is 12.2 Å². The molecule has 0 bridgehead atoms. The van der Waals surface area contributed by atoms with E-state index in [1.54, 1.807) is 0 Å². The number of thiophene rings is 1. The van der Waals surface area contributed by atoms with E-state index in [1.165, 1.54) is 16.2 Å². The Bertz CT molecular complexity index is 434. The van der Waals surface area contributed by atoms with Crippen LogP contribution >= 0.6 is 11.3 Å². The average molecular weight is 239 g/mol. The predicted molar refractivity (Wildman–Crippen MR) is 66.0 cm³/mol. The zero-order valence-corrected chi connectivity index (χ0v) is 10.7. The molecule has 0 aliphatic heterocycles. The first kappa shape index (κ1) is 11.5. The van der Waals surface area contributed by atoms with Crippen molar-refractivity contribution in [3.05, 3.63) is 16.0 Å². The first-order chi connectivity index (χ1) is 7.47. The van der Waals surface area contributed by atoms with Gasteiger partial charge in [-0.05, 0) is 30.7 Å². The summed E-state index contributed by atoms with van der Waals surface area (Å²) in [7, 11) is 0. The van der Waals surface area contributed by atoms with E-state index >= 15 is 0 Å². The van der Waals surface area contributed by atoms with Gasteiger partial charge in [0.25, 0.3) is 0 Å². The minimum absolute atomic E-state index is 0.0472. The number of nitrogen functional groups attached to an aromatic ring is 1. The van der Waals surface area contributed by atoms with E-state index in [-0.39, 0.29) is 11.4 Å². The summed E-state index contributed by atoms with van der Waals surface area (Å²) in [6.07, 6.45) is 2.11. The molecule has 2 N–H and O–H groups in total. The molecule has 4 heteroatoms. The highest BCUT2D eigenvalue weighted by Crippen LogP contribution is 2.47. The maximum absolute atomic E-state index is 11.9. The summed E-state index contributed by atoms with van der Waals surface area (Å²) in [6.45, 7) is 6.52. The normalized spacial score (nSPS) is 17.2. The molecule has 1 aromatic heterocycles. The number of rotatable bonds is 2. The molecule has 0 fully saturated rings. The predicted octanol–water partition coefficient (Wildman–Crippen LogP) is 2.73. The molecular weight excluding hydrogens is 222 g/mol. The summed E-state index contributed by atoms with van der Waals surface area (Å²) in [5.41, 5.74) is 7.70. The maximum Gasteiger partial charge on any atom is 0.341 e. The molecular formula is C12H17NO2S. The Kier molecular flexibility index (Phi) is 2.70. The van der Waals surface area contributed by atoms with E-state index in [0.717, 1.165) is 18.4 Å². The Balaban J connectivity index is 2.50. The molecule has 0 saturated heterocycles. The molecule has 0 aromatic carbocycles. The highest BCUT2D eigenvalue weighted by atomic mass is 32.1. The summed E-state index contributed by atoms with van der Waals surface area (Å²) < 4.78 is 5.07. The van der Waals surface area contributed by atoms with Crippen LogP contribution in [0.5, 0.6) is 0 Å². The Morgan fingerprint density at radius 1 is 1.56 bits per heavy atom. The highest BCUT2D eigenvalue weighted by Gasteiger charge is 2.38. The van der Waals surface area contributed by atoms with Crippen molar-refractivity contribution in [2.75, 3.05) is 12.3 Å². The number of nitrogens with two attached hydrogens (primary N) is 1. The summed E-state index contributed by atoms with van der Waals surface area (Å²) in [5.74, 6) is -0.271. The van der Waals surface area contributed by atoms with Crippen molar-refractivity contribution in [2.45, 2.75) is 39.0 Å². The summed E-state index contributed by atoms with van der Waals surface area (Å²) in [4.78, 5) is 13.1. The minimum atomic E-state index is -0.271. The molecule has 16 heavy (non-hydrogen) atoms. The topological polar surface area (TPSA) is 52.3 Å². The Morgan fingerprint density at radius 2 is 2.25 bits per heavy atom. The Morgan fingerprint density at radius 3 is 2.88 bits per heavy atom. The van der Waals surface area contributed by atoms with Crippen LogP contribution in [0.1, 0.15) is 48.0 Å². The molecule has 1 aliphatic carbocycles. The van der Waals surface area contributed by atoms with Crippen LogP contribution < -0.4 is 5.73 Å². The number of ether oxygens (including phenoxy) is 1. The molecule has 2 rings (SSSR count). The average Bonchev–Trinajstić information content (AvgIpc) is 2.65. The molecule has 0 saturated carbocycles. The number of carbonyl (C=O) groups excluding carboxylic acids is 1. The maximum atomic E-state index is 11.9. The van der Waals surface area contributed by atoms with Crippen molar-refractivity contribution < 1.29 is 9.53 Å². The van der Waals surface area contributed by atoms with E-state index in [0.29, 0.717) is 17.2 Å². The lowest BCUT2D eigenvalue weighted by molar-refractivity contribution is 0.0525. The van der Waals surface area contributed by atoms with E-state index < -0.39 is 0 Å². The zero-order valence-electron chi connectivity index (χ0n) is 9.92. The van der Waals surface area contributed by atoms with Crippen LogP contribution in [0.3, 0.4) is 0 Å². The van der Waals surface area contributed by atoms with Gasteiger partial charge in [-0.15, -0.1) is 11.3 Å². The number of carbonyl (C=O) groups is 1. The summed E-state index contributed by atoms with van der Waals surface area (Å²) in [6, 6.07) is 0. The second-order valence-corrected chi connectivity index (χ2v) is 5.88. The molecule has 1 aromatic rings. The number of hydrogen-bond acceptors (Lipinski definition) is 4. The van der Waals surface area contributed by atoms with Crippen molar-refractivity contribution in [1.82, 2.24) is 0 Å². The van der Waals surface area contributed by atoms with E-state index in [1.807, 2.05) is 6.92 Å². The largest absolute Gasteiger partial charge is 0.462 e. The van der Waals surface area contributed by atoms with Crippen molar-refractivity contribution in [3.8, 4) is 0 Å². The van der Waals surface area contributed by atoms with Gasteiger partial charge < -0.3 is 10.5 Å². The number of hydrogen-bond donors (Lipinski definition) is 1. The van der Waals surface area contributed by atoms with Crippen LogP contribution in [0.4, 0.5) is 5.00 Å². The standard InChI is InChI=1S/C12H17NO2S/c1-4-15-11(14)8-9-7(16-10(8)13)5-6-12(9,2)3/h4-6,13H2,1-3H3. The van der Waals surface area contributed by atoms with Gasteiger partial charge >= 0.3 is 5.97 Å². The summed E-state index contributed by atoms with van der Waals surface area (Å²) >= 11 is 1.54. The smallest absolute Gasteiger partial charge is 0.341 e. The lowest BCUT2D eigenvalue weighted by Gasteiger charge is -2.19. The van der Waals surface area contributed by atoms with Crippen molar-refractivity contribution in [1.29, 1.82) is 0 Å². The van der Waals surface area contributed by atoms with Gasteiger partial charge in [0.1, 0.15) is 5.00 Å². The molecule has 1 aliphatic rings. The Hall–Kier alpha value is -1.03. The van der Waals surface area contributed by atoms with Gasteiger partial charge in [-0.2, -0.15) is 0 Å². The van der Waals surface area contributed by atoms with Crippen LogP contribution in [-0.2, 0) is 16.6 Å². The first-order valence-electron chi connectivity index (χ1n) is 5.56. The van der Waals surface area contributed by atoms with Crippen LogP contribution in [0.25, 0.3) is 0 Å². The van der Waals surface area contributed by atoms with E-state index in [9.17, 15) is 4.79 Å². The molecule has 1 heterocycles. The summed E-state index contributed by atoms with van der Waals surface area (Å²) in [5, 5.41) is 0.608. The molecule has 88 valence electrons. The fourth-order valence-corrected chi connectivity index (χ4v) is 3.58. The molecule has 0 spiro atoms. The van der Waals surface area contributed by atoms with Crippen molar-refractivity contribution >= 4 is 22.3 Å². The second kappa shape index (κ2) is 3.77. The fourth-order valence-electron chi connectivity index (χ4n) is 2.35. The number of anilines is 1. The number of esters is 1. The van der Waals surface area contributed by atoms with Crippen LogP contribution in [-0.4, -0.2) is 12.6 Å². The van der Waals surface area contributed by atoms with Crippen molar-refractivity contribution in [3.63, 3.8) is 0 Å². The van der Waals surface area contributed by atoms with Crippen LogP contribution in [0.2, 0.25) is 0 Å². The SMILES string of the molecule is CCOC(=O)c1c(N)sc2c1C(C)(C)CC2. The van der Waals surface area contributed by atoms with Gasteiger partial charge in [-0.3, -0.25) is 0 Å². The zero-order chi connectivity index (χ0) is 11.9. The molecule has 0 radical (unpaired) electrons. The van der Waals surface area contributed by atoms with E-state index in [4.69, 9.17) is 10.5 Å². The quantitative estimate of drug-likeness (QED) is 0.807. The second-order valence-electron chi connectivity index (χ2n) is 4.74. The van der Waals surface area contributed by atoms with Crippen LogP contribution in [0, 0.1) is 0 Å². The number of fused-ring (bicyclic) bond motifs is 1. The third-order valence-corrected chi connectivity index (χ3v) is 4.22. The lowest BCUT2D eigenvalue weighted by atomic mass is 9.85. The van der Waals surface area contributed by atoms with Crippen molar-refractivity contribution in [2.24, 2.45) is 0 Å².